The van der Waals surface area contributed by atoms with Crippen molar-refractivity contribution in [2.75, 3.05) is 0 Å². The fraction of sp³-hybridized carbons (Fsp3) is 0. The van der Waals surface area contributed by atoms with Gasteiger partial charge in [0.05, 0.1) is 0 Å². The van der Waals surface area contributed by atoms with Gasteiger partial charge in [0.25, 0.3) is 0 Å². The number of carbonyl (C=O) groups is 1. The highest BCUT2D eigenvalue weighted by molar-refractivity contribution is 6.55. The molecule has 4 heteroatoms. The zero-order valence-corrected chi connectivity index (χ0v) is 5.95. The molecule has 0 radical (unpaired) electrons. The van der Waals surface area contributed by atoms with E-state index in [1.54, 1.807) is 0 Å². The summed E-state index contributed by atoms with van der Waals surface area (Å²) < 4.78 is 4.16. The summed E-state index contributed by atoms with van der Waals surface area (Å²) in [7, 11) is 0. The van der Waals surface area contributed by atoms with Crippen LogP contribution in [0.1, 0.15) is 0 Å². The molecule has 0 spiro atoms. The van der Waals surface area contributed by atoms with Crippen molar-refractivity contribution in [3.63, 3.8) is 0 Å². The third kappa shape index (κ3) is 5.40. The van der Waals surface area contributed by atoms with Crippen LogP contribution in [-0.2, 0) is 9.53 Å². The number of rotatable bonds is 2. The number of carbonyl (C=O) groups excluding carboxylic acids is 1. The molecule has 2 nitrogen and oxygen atoms in total. The number of hydrogen-bond donors (Lipinski definition) is 0. The normalized spacial score (nSPS) is 7.78. The van der Waals surface area contributed by atoms with Crippen LogP contribution in [0.15, 0.2) is 23.4 Å². The van der Waals surface area contributed by atoms with Gasteiger partial charge in [-0.3, -0.25) is 0 Å². The summed E-state index contributed by atoms with van der Waals surface area (Å²) in [6.45, 7) is 3.15. The van der Waals surface area contributed by atoms with Crippen LogP contribution >= 0.6 is 23.2 Å². The molecule has 0 heterocycles. The zero-order valence-electron chi connectivity index (χ0n) is 4.43. The number of ether oxygens (including phenoxy) is 1. The van der Waals surface area contributed by atoms with Gasteiger partial charge in [0.15, 0.2) is 0 Å². The Kier molecular flexibility index (Phi) is 4.18. The highest BCUT2D eigenvalue weighted by atomic mass is 35.5. The summed E-state index contributed by atoms with van der Waals surface area (Å²) >= 11 is 10.2. The summed E-state index contributed by atoms with van der Waals surface area (Å²) in [6, 6.07) is 0. The average molecular weight is 167 g/mol. The van der Waals surface area contributed by atoms with Crippen LogP contribution in [0, 0.1) is 0 Å². The topological polar surface area (TPSA) is 26.3 Å². The largest absolute Gasteiger partial charge is 0.429 e. The first-order valence-electron chi connectivity index (χ1n) is 2.01. The van der Waals surface area contributed by atoms with Crippen molar-refractivity contribution >= 4 is 29.2 Å². The minimum absolute atomic E-state index is 0.106. The molecule has 0 aromatic rings. The number of halogens is 2. The van der Waals surface area contributed by atoms with E-state index in [4.69, 9.17) is 23.2 Å². The maximum atomic E-state index is 10.2. The number of hydrogen-bond acceptors (Lipinski definition) is 2. The lowest BCUT2D eigenvalue weighted by molar-refractivity contribution is -0.132. The van der Waals surface area contributed by atoms with Gasteiger partial charge in [-0.25, -0.2) is 4.79 Å². The van der Waals surface area contributed by atoms with Crippen LogP contribution in [-0.4, -0.2) is 5.97 Å². The van der Waals surface area contributed by atoms with Gasteiger partial charge in [-0.2, -0.15) is 0 Å². The molecule has 0 N–H and O–H groups in total. The molecule has 0 bridgehead atoms. The van der Waals surface area contributed by atoms with E-state index in [0.717, 1.165) is 12.3 Å². The van der Waals surface area contributed by atoms with Gasteiger partial charge in [0.1, 0.15) is 10.8 Å². The maximum absolute atomic E-state index is 10.2. The fourth-order valence-electron chi connectivity index (χ4n) is 0.151. The molecule has 0 rings (SSSR count). The molecule has 0 aliphatic heterocycles. The van der Waals surface area contributed by atoms with E-state index in [1.165, 1.54) is 0 Å². The van der Waals surface area contributed by atoms with Crippen LogP contribution in [0.3, 0.4) is 0 Å². The molecule has 0 aromatic carbocycles. The molecular formula is C5H4Cl2O2. The Morgan fingerprint density at radius 1 is 1.56 bits per heavy atom. The van der Waals surface area contributed by atoms with Gasteiger partial charge in [-0.15, -0.1) is 0 Å². The lowest BCUT2D eigenvalue weighted by Gasteiger charge is -1.88. The molecule has 9 heavy (non-hydrogen) atoms. The smallest absolute Gasteiger partial charge is 0.335 e. The fourth-order valence-corrected chi connectivity index (χ4v) is 0.240. The van der Waals surface area contributed by atoms with Crippen molar-refractivity contribution in [2.24, 2.45) is 0 Å². The van der Waals surface area contributed by atoms with Crippen molar-refractivity contribution in [1.82, 2.24) is 0 Å². The van der Waals surface area contributed by atoms with Crippen LogP contribution in [0.2, 0.25) is 0 Å². The summed E-state index contributed by atoms with van der Waals surface area (Å²) in [5.41, 5.74) is 0. The lowest BCUT2D eigenvalue weighted by atomic mass is 10.7. The predicted molar refractivity (Wildman–Crippen MR) is 36.1 cm³/mol. The average Bonchev–Trinajstić information content (AvgIpc) is 1.83. The van der Waals surface area contributed by atoms with E-state index < -0.39 is 5.97 Å². The van der Waals surface area contributed by atoms with E-state index in [-0.39, 0.29) is 4.49 Å². The standard InChI is InChI=1S/C5H4Cl2O2/c1-2-5(8)9-3-4(6)7/h2-3H,1H2. The van der Waals surface area contributed by atoms with Gasteiger partial charge >= 0.3 is 5.97 Å². The van der Waals surface area contributed by atoms with E-state index in [1.807, 2.05) is 0 Å². The predicted octanol–water partition coefficient (Wildman–Crippen LogP) is 1.99. The Morgan fingerprint density at radius 2 is 2.11 bits per heavy atom. The molecular weight excluding hydrogens is 163 g/mol. The number of esters is 1. The van der Waals surface area contributed by atoms with Crippen molar-refractivity contribution in [1.29, 1.82) is 0 Å². The molecule has 0 aliphatic carbocycles. The van der Waals surface area contributed by atoms with Crippen molar-refractivity contribution in [2.45, 2.75) is 0 Å². The van der Waals surface area contributed by atoms with Crippen molar-refractivity contribution in [3.8, 4) is 0 Å². The first-order valence-corrected chi connectivity index (χ1v) is 2.76. The first kappa shape index (κ1) is 8.53. The Morgan fingerprint density at radius 3 is 2.44 bits per heavy atom. The molecule has 0 aliphatic rings. The van der Waals surface area contributed by atoms with Gasteiger partial charge in [-0.05, 0) is 0 Å². The van der Waals surface area contributed by atoms with Gasteiger partial charge in [0, 0.05) is 6.08 Å². The Bertz CT molecular complexity index is 147. The summed E-state index contributed by atoms with van der Waals surface area (Å²) in [5.74, 6) is -0.589. The minimum atomic E-state index is -0.589. The lowest BCUT2D eigenvalue weighted by Crippen LogP contribution is -1.91. The molecule has 0 amide bonds. The van der Waals surface area contributed by atoms with E-state index in [0.29, 0.717) is 0 Å². The second-order valence-corrected chi connectivity index (χ2v) is 2.06. The minimum Gasteiger partial charge on any atom is -0.429 e. The summed E-state index contributed by atoms with van der Waals surface area (Å²) in [4.78, 5) is 10.2. The van der Waals surface area contributed by atoms with Crippen molar-refractivity contribution < 1.29 is 9.53 Å². The molecule has 0 unspecified atom stereocenters. The van der Waals surface area contributed by atoms with Crippen molar-refractivity contribution in [3.05, 3.63) is 23.4 Å². The van der Waals surface area contributed by atoms with Crippen LogP contribution in [0.4, 0.5) is 0 Å². The van der Waals surface area contributed by atoms with E-state index in [2.05, 4.69) is 11.3 Å². The highest BCUT2D eigenvalue weighted by Crippen LogP contribution is 2.05. The molecule has 0 saturated heterocycles. The van der Waals surface area contributed by atoms with Crippen LogP contribution in [0.5, 0.6) is 0 Å². The first-order chi connectivity index (χ1) is 4.16. The van der Waals surface area contributed by atoms with Gasteiger partial charge < -0.3 is 4.74 Å². The quantitative estimate of drug-likeness (QED) is 0.357. The van der Waals surface area contributed by atoms with Gasteiger partial charge in [0.2, 0.25) is 0 Å². The third-order valence-corrected chi connectivity index (χ3v) is 0.609. The molecule has 0 saturated carbocycles. The molecule has 0 atom stereocenters. The van der Waals surface area contributed by atoms with E-state index in [9.17, 15) is 4.79 Å². The second-order valence-electron chi connectivity index (χ2n) is 1.05. The summed E-state index contributed by atoms with van der Waals surface area (Å²) in [5, 5.41) is 0. The second kappa shape index (κ2) is 4.41. The molecule has 50 valence electrons. The Labute approximate surface area is 62.7 Å². The van der Waals surface area contributed by atoms with E-state index >= 15 is 0 Å². The van der Waals surface area contributed by atoms with Crippen LogP contribution < -0.4 is 0 Å². The van der Waals surface area contributed by atoms with Crippen LogP contribution in [0.25, 0.3) is 0 Å². The summed E-state index contributed by atoms with van der Waals surface area (Å²) in [6.07, 6.45) is 1.93. The highest BCUT2D eigenvalue weighted by Gasteiger charge is 1.90. The monoisotopic (exact) mass is 166 g/mol. The Hall–Kier alpha value is -0.470. The Balaban J connectivity index is 3.63. The molecule has 0 aromatic heterocycles. The maximum Gasteiger partial charge on any atom is 0.335 e. The third-order valence-electron chi connectivity index (χ3n) is 0.431. The van der Waals surface area contributed by atoms with Gasteiger partial charge in [-0.1, -0.05) is 29.8 Å². The zero-order chi connectivity index (χ0) is 7.28. The molecule has 0 fully saturated rings. The SMILES string of the molecule is C=CC(=O)OC=C(Cl)Cl.